The molecule has 0 radical (unpaired) electrons. The van der Waals surface area contributed by atoms with Gasteiger partial charge in [-0.25, -0.2) is 0 Å². The third-order valence-corrected chi connectivity index (χ3v) is 6.28. The van der Waals surface area contributed by atoms with Crippen LogP contribution in [0.15, 0.2) is 54.3 Å². The Bertz CT molecular complexity index is 1400. The van der Waals surface area contributed by atoms with Gasteiger partial charge in [0.05, 0.1) is 26.2 Å². The Balaban J connectivity index is 1.44. The van der Waals surface area contributed by atoms with Crippen molar-refractivity contribution in [2.24, 2.45) is 0 Å². The van der Waals surface area contributed by atoms with Crippen LogP contribution in [0.2, 0.25) is 0 Å². The molecule has 8 nitrogen and oxygen atoms in total. The summed E-state index contributed by atoms with van der Waals surface area (Å²) in [5, 5.41) is 0. The van der Waals surface area contributed by atoms with E-state index >= 15 is 0 Å². The van der Waals surface area contributed by atoms with Crippen LogP contribution < -0.4 is 28.4 Å². The Kier molecular flexibility index (Phi) is 4.88. The minimum Gasteiger partial charge on any atom is -0.497 e. The standard InChI is InChI=1S/C27H20O8/c1-30-16-5-3-14(4-6-16)9-20-25(29)17-7-8-19-24(26(17)35-20)18(12-23(28)34-19)15-10-21(31-2)27-22(11-15)32-13-33-27/h3-11,18H,12-13H2,1-2H3. The van der Waals surface area contributed by atoms with Gasteiger partial charge >= 0.3 is 5.97 Å². The number of benzene rings is 3. The van der Waals surface area contributed by atoms with Crippen molar-refractivity contribution in [3.05, 3.63) is 76.5 Å². The summed E-state index contributed by atoms with van der Waals surface area (Å²) < 4.78 is 33.4. The van der Waals surface area contributed by atoms with E-state index in [0.717, 1.165) is 11.1 Å². The maximum atomic E-state index is 13.2. The molecule has 0 aromatic heterocycles. The van der Waals surface area contributed by atoms with Crippen LogP contribution in [0.25, 0.3) is 6.08 Å². The predicted octanol–water partition coefficient (Wildman–Crippen LogP) is 4.49. The first-order valence-electron chi connectivity index (χ1n) is 11.0. The molecule has 3 aromatic carbocycles. The first kappa shape index (κ1) is 21.1. The van der Waals surface area contributed by atoms with E-state index in [4.69, 9.17) is 28.4 Å². The molecule has 35 heavy (non-hydrogen) atoms. The van der Waals surface area contributed by atoms with Crippen molar-refractivity contribution in [3.8, 4) is 34.5 Å². The highest BCUT2D eigenvalue weighted by molar-refractivity contribution is 6.15. The van der Waals surface area contributed by atoms with E-state index in [1.807, 2.05) is 36.4 Å². The lowest BCUT2D eigenvalue weighted by molar-refractivity contribution is -0.135. The fourth-order valence-electron chi connectivity index (χ4n) is 4.59. The highest BCUT2D eigenvalue weighted by Crippen LogP contribution is 2.51. The topological polar surface area (TPSA) is 89.5 Å². The van der Waals surface area contributed by atoms with Crippen LogP contribution in [0.1, 0.15) is 39.4 Å². The van der Waals surface area contributed by atoms with E-state index in [1.54, 1.807) is 32.4 Å². The molecule has 3 heterocycles. The molecule has 3 aliphatic rings. The van der Waals surface area contributed by atoms with Gasteiger partial charge in [0.25, 0.3) is 0 Å². The molecule has 8 heteroatoms. The Hall–Kier alpha value is -4.46. The van der Waals surface area contributed by atoms with Gasteiger partial charge in [-0.1, -0.05) is 12.1 Å². The second-order valence-electron chi connectivity index (χ2n) is 8.25. The van der Waals surface area contributed by atoms with Crippen molar-refractivity contribution in [2.45, 2.75) is 12.3 Å². The average Bonchev–Trinajstić information content (AvgIpc) is 3.47. The second-order valence-corrected chi connectivity index (χ2v) is 8.25. The van der Waals surface area contributed by atoms with Crippen molar-refractivity contribution < 1.29 is 38.0 Å². The summed E-state index contributed by atoms with van der Waals surface area (Å²) in [6.07, 6.45) is 1.75. The van der Waals surface area contributed by atoms with E-state index in [9.17, 15) is 9.59 Å². The smallest absolute Gasteiger partial charge is 0.312 e. The Morgan fingerprint density at radius 2 is 1.71 bits per heavy atom. The number of carbonyl (C=O) groups is 2. The Morgan fingerprint density at radius 3 is 2.49 bits per heavy atom. The van der Waals surface area contributed by atoms with Crippen molar-refractivity contribution in [1.82, 2.24) is 0 Å². The van der Waals surface area contributed by atoms with Crippen LogP contribution in [-0.4, -0.2) is 32.8 Å². The molecule has 1 unspecified atom stereocenters. The van der Waals surface area contributed by atoms with Gasteiger partial charge in [-0.2, -0.15) is 0 Å². The van der Waals surface area contributed by atoms with E-state index in [0.29, 0.717) is 45.6 Å². The van der Waals surface area contributed by atoms with Gasteiger partial charge in [-0.15, -0.1) is 0 Å². The number of Topliss-reactive ketones (excluding diaryl/α,β-unsaturated/α-hetero) is 1. The molecule has 0 saturated heterocycles. The quantitative estimate of drug-likeness (QED) is 0.312. The molecule has 0 bridgehead atoms. The molecular weight excluding hydrogens is 452 g/mol. The minimum absolute atomic E-state index is 0.0708. The van der Waals surface area contributed by atoms with Gasteiger partial charge < -0.3 is 28.4 Å². The van der Waals surface area contributed by atoms with Crippen LogP contribution in [-0.2, 0) is 4.79 Å². The van der Waals surface area contributed by atoms with Gasteiger partial charge in [-0.05, 0) is 53.6 Å². The van der Waals surface area contributed by atoms with Crippen molar-refractivity contribution in [2.75, 3.05) is 21.0 Å². The van der Waals surface area contributed by atoms with E-state index in [2.05, 4.69) is 0 Å². The lowest BCUT2D eigenvalue weighted by atomic mass is 9.84. The van der Waals surface area contributed by atoms with Crippen LogP contribution in [0, 0.1) is 0 Å². The minimum atomic E-state index is -0.433. The van der Waals surface area contributed by atoms with E-state index < -0.39 is 5.92 Å². The lowest BCUT2D eigenvalue weighted by Gasteiger charge is -2.26. The second kappa shape index (κ2) is 8.09. The maximum Gasteiger partial charge on any atom is 0.312 e. The molecule has 176 valence electrons. The Labute approximate surface area is 200 Å². The number of ether oxygens (including phenoxy) is 6. The molecule has 3 aliphatic heterocycles. The summed E-state index contributed by atoms with van der Waals surface area (Å²) in [5.74, 6) is 2.16. The number of esters is 1. The van der Waals surface area contributed by atoms with Crippen LogP contribution in [0.3, 0.4) is 0 Å². The van der Waals surface area contributed by atoms with Crippen LogP contribution in [0.4, 0.5) is 0 Å². The lowest BCUT2D eigenvalue weighted by Crippen LogP contribution is -2.21. The monoisotopic (exact) mass is 472 g/mol. The number of rotatable bonds is 4. The molecule has 0 saturated carbocycles. The number of methoxy groups -OCH3 is 2. The van der Waals surface area contributed by atoms with Gasteiger partial charge in [0.2, 0.25) is 18.3 Å². The molecule has 1 atom stereocenters. The Morgan fingerprint density at radius 1 is 0.886 bits per heavy atom. The fourth-order valence-corrected chi connectivity index (χ4v) is 4.59. The number of carbonyl (C=O) groups excluding carboxylic acids is 2. The molecule has 6 rings (SSSR count). The first-order chi connectivity index (χ1) is 17.1. The van der Waals surface area contributed by atoms with Gasteiger partial charge in [0, 0.05) is 11.5 Å². The highest BCUT2D eigenvalue weighted by Gasteiger charge is 2.39. The zero-order chi connectivity index (χ0) is 24.1. The summed E-state index contributed by atoms with van der Waals surface area (Å²) in [4.78, 5) is 25.7. The van der Waals surface area contributed by atoms with Crippen molar-refractivity contribution >= 4 is 17.8 Å². The SMILES string of the molecule is COc1ccc(C=C2Oc3c(ccc4c3C(c3cc(OC)c5c(c3)OCO5)CC(=O)O4)C2=O)cc1. The zero-order valence-electron chi connectivity index (χ0n) is 19.0. The van der Waals surface area contributed by atoms with Gasteiger partial charge in [-0.3, -0.25) is 9.59 Å². The molecule has 0 N–H and O–H groups in total. The molecular formula is C27H20O8. The highest BCUT2D eigenvalue weighted by atomic mass is 16.7. The van der Waals surface area contributed by atoms with E-state index in [1.165, 1.54) is 0 Å². The third-order valence-electron chi connectivity index (χ3n) is 6.28. The van der Waals surface area contributed by atoms with Crippen molar-refractivity contribution in [3.63, 3.8) is 0 Å². The summed E-state index contributed by atoms with van der Waals surface area (Å²) in [5.41, 5.74) is 2.61. The predicted molar refractivity (Wildman–Crippen MR) is 124 cm³/mol. The molecule has 3 aromatic rings. The van der Waals surface area contributed by atoms with Gasteiger partial charge in [0.15, 0.2) is 17.3 Å². The molecule has 0 aliphatic carbocycles. The molecule has 0 amide bonds. The first-order valence-corrected chi connectivity index (χ1v) is 11.0. The third kappa shape index (κ3) is 3.45. The largest absolute Gasteiger partial charge is 0.497 e. The summed E-state index contributed by atoms with van der Waals surface area (Å²) >= 11 is 0. The molecule has 0 fully saturated rings. The number of fused-ring (bicyclic) bond motifs is 4. The van der Waals surface area contributed by atoms with Crippen molar-refractivity contribution in [1.29, 1.82) is 0 Å². The van der Waals surface area contributed by atoms with Crippen LogP contribution in [0.5, 0.6) is 34.5 Å². The summed E-state index contributed by atoms with van der Waals surface area (Å²) in [6.45, 7) is 0.0883. The number of ketones is 1. The summed E-state index contributed by atoms with van der Waals surface area (Å²) in [7, 11) is 3.13. The number of allylic oxidation sites excluding steroid dienone is 1. The zero-order valence-corrected chi connectivity index (χ0v) is 19.0. The van der Waals surface area contributed by atoms with Crippen LogP contribution >= 0.6 is 0 Å². The van der Waals surface area contributed by atoms with E-state index in [-0.39, 0.29) is 30.7 Å². The maximum absolute atomic E-state index is 13.2. The van der Waals surface area contributed by atoms with Gasteiger partial charge in [0.1, 0.15) is 17.2 Å². The average molecular weight is 472 g/mol. The number of hydrogen-bond acceptors (Lipinski definition) is 8. The molecule has 0 spiro atoms. The fraction of sp³-hybridized carbons (Fsp3) is 0.185. The number of hydrogen-bond donors (Lipinski definition) is 0. The summed E-state index contributed by atoms with van der Waals surface area (Å²) in [6, 6.07) is 14.2. The normalized spacial score (nSPS) is 18.6.